The van der Waals surface area contributed by atoms with Gasteiger partial charge in [0.05, 0.1) is 0 Å². The zero-order chi connectivity index (χ0) is 17.5. The predicted octanol–water partition coefficient (Wildman–Crippen LogP) is 5.00. The lowest BCUT2D eigenvalue weighted by Gasteiger charge is -2.51. The Morgan fingerprint density at radius 3 is 2.33 bits per heavy atom. The Kier molecular flexibility index (Phi) is 3.87. The van der Waals surface area contributed by atoms with Gasteiger partial charge in [-0.05, 0) is 50.5 Å². The molecule has 2 aromatic rings. The minimum absolute atomic E-state index is 0.0431. The number of fused-ring (bicyclic) bond motifs is 1. The highest BCUT2D eigenvalue weighted by Crippen LogP contribution is 2.50. The lowest BCUT2D eigenvalue weighted by molar-refractivity contribution is -0.115. The van der Waals surface area contributed by atoms with Gasteiger partial charge < -0.3 is 4.90 Å². The van der Waals surface area contributed by atoms with Crippen LogP contribution in [-0.4, -0.2) is 11.4 Å². The van der Waals surface area contributed by atoms with Crippen LogP contribution in [0.5, 0.6) is 0 Å². The zero-order valence-electron chi connectivity index (χ0n) is 15.0. The van der Waals surface area contributed by atoms with E-state index in [1.54, 1.807) is 0 Å². The largest absolute Gasteiger partial charge is 0.303 e. The average molecular weight is 319 g/mol. The van der Waals surface area contributed by atoms with Crippen molar-refractivity contribution in [1.82, 2.24) is 0 Å². The summed E-state index contributed by atoms with van der Waals surface area (Å²) in [5.41, 5.74) is 4.31. The number of benzene rings is 2. The molecule has 1 aliphatic rings. The number of rotatable bonds is 2. The summed E-state index contributed by atoms with van der Waals surface area (Å²) in [6.45, 7) is 12.4. The van der Waals surface area contributed by atoms with Crippen LogP contribution < -0.4 is 4.90 Å². The van der Waals surface area contributed by atoms with Gasteiger partial charge in [0.1, 0.15) is 0 Å². The summed E-state index contributed by atoms with van der Waals surface area (Å²) in [7, 11) is 0. The van der Waals surface area contributed by atoms with Gasteiger partial charge in [0, 0.05) is 16.6 Å². The highest BCUT2D eigenvalue weighted by Gasteiger charge is 2.47. The summed E-state index contributed by atoms with van der Waals surface area (Å²) >= 11 is 0. The second-order valence-electron chi connectivity index (χ2n) is 7.58. The van der Waals surface area contributed by atoms with Gasteiger partial charge in [0.15, 0.2) is 0 Å². The molecule has 1 heterocycles. The SMILES string of the molecule is C=CC(=O)N1c2ccccc2C(C)(c2ccc(C)cc2)CC1(C)C. The number of hydrogen-bond donors (Lipinski definition) is 0. The Morgan fingerprint density at radius 1 is 1.08 bits per heavy atom. The van der Waals surface area contributed by atoms with E-state index >= 15 is 0 Å². The number of amides is 1. The highest BCUT2D eigenvalue weighted by molar-refractivity contribution is 6.03. The third-order valence-corrected chi connectivity index (χ3v) is 5.21. The quantitative estimate of drug-likeness (QED) is 0.713. The van der Waals surface area contributed by atoms with Gasteiger partial charge in [-0.1, -0.05) is 61.5 Å². The molecule has 24 heavy (non-hydrogen) atoms. The first kappa shape index (κ1) is 16.5. The molecule has 1 atom stereocenters. The smallest absolute Gasteiger partial charge is 0.250 e. The first-order valence-electron chi connectivity index (χ1n) is 8.43. The molecule has 3 rings (SSSR count). The fourth-order valence-corrected chi connectivity index (χ4v) is 4.19. The minimum Gasteiger partial charge on any atom is -0.303 e. The summed E-state index contributed by atoms with van der Waals surface area (Å²) in [5.74, 6) is -0.0431. The van der Waals surface area contributed by atoms with Crippen LogP contribution in [0.15, 0.2) is 61.2 Å². The van der Waals surface area contributed by atoms with Crippen molar-refractivity contribution in [3.05, 3.63) is 77.9 Å². The molecule has 0 spiro atoms. The Morgan fingerprint density at radius 2 is 1.71 bits per heavy atom. The van der Waals surface area contributed by atoms with Gasteiger partial charge in [0.25, 0.3) is 5.91 Å². The van der Waals surface area contributed by atoms with Gasteiger partial charge in [-0.3, -0.25) is 4.79 Å². The molecule has 1 unspecified atom stereocenters. The molecule has 0 aromatic heterocycles. The molecule has 2 nitrogen and oxygen atoms in total. The molecule has 0 N–H and O–H groups in total. The fourth-order valence-electron chi connectivity index (χ4n) is 4.19. The molecular formula is C22H25NO. The highest BCUT2D eigenvalue weighted by atomic mass is 16.2. The number of carbonyl (C=O) groups is 1. The maximum absolute atomic E-state index is 12.5. The van der Waals surface area contributed by atoms with Crippen molar-refractivity contribution in [1.29, 1.82) is 0 Å². The normalized spacial score (nSPS) is 21.9. The van der Waals surface area contributed by atoms with E-state index in [9.17, 15) is 4.79 Å². The van der Waals surface area contributed by atoms with Crippen molar-refractivity contribution in [2.75, 3.05) is 4.90 Å². The van der Waals surface area contributed by atoms with Crippen molar-refractivity contribution in [2.45, 2.75) is 45.1 Å². The van der Waals surface area contributed by atoms with Crippen molar-refractivity contribution in [2.24, 2.45) is 0 Å². The van der Waals surface area contributed by atoms with Gasteiger partial charge in [0.2, 0.25) is 0 Å². The van der Waals surface area contributed by atoms with E-state index in [0.717, 1.165) is 12.1 Å². The fraction of sp³-hybridized carbons (Fsp3) is 0.318. The maximum atomic E-state index is 12.5. The van der Waals surface area contributed by atoms with Crippen LogP contribution in [0.4, 0.5) is 5.69 Å². The van der Waals surface area contributed by atoms with Crippen molar-refractivity contribution in [3.8, 4) is 0 Å². The number of para-hydroxylation sites is 1. The van der Waals surface area contributed by atoms with E-state index in [4.69, 9.17) is 0 Å². The van der Waals surface area contributed by atoms with E-state index in [1.165, 1.54) is 22.8 Å². The van der Waals surface area contributed by atoms with E-state index in [1.807, 2.05) is 17.0 Å². The zero-order valence-corrected chi connectivity index (χ0v) is 15.0. The number of nitrogens with zero attached hydrogens (tertiary/aromatic N) is 1. The van der Waals surface area contributed by atoms with Crippen LogP contribution in [-0.2, 0) is 10.2 Å². The molecular weight excluding hydrogens is 294 g/mol. The number of carbonyl (C=O) groups excluding carboxylic acids is 1. The monoisotopic (exact) mass is 319 g/mol. The molecule has 0 saturated heterocycles. The van der Waals surface area contributed by atoms with Crippen LogP contribution in [0.3, 0.4) is 0 Å². The first-order valence-corrected chi connectivity index (χ1v) is 8.43. The Hall–Kier alpha value is -2.35. The molecule has 1 amide bonds. The standard InChI is InChI=1S/C22H25NO/c1-6-20(24)23-19-10-8-7-9-18(19)22(5,15-21(23,3)4)17-13-11-16(2)12-14-17/h6-14H,1,15H2,2-5H3. The van der Waals surface area contributed by atoms with Crippen LogP contribution in [0.25, 0.3) is 0 Å². The molecule has 2 heteroatoms. The minimum atomic E-state index is -0.292. The molecule has 0 bridgehead atoms. The first-order chi connectivity index (χ1) is 11.3. The van der Waals surface area contributed by atoms with Gasteiger partial charge in [-0.2, -0.15) is 0 Å². The average Bonchev–Trinajstić information content (AvgIpc) is 2.54. The molecule has 124 valence electrons. The summed E-state index contributed by atoms with van der Waals surface area (Å²) in [4.78, 5) is 14.4. The maximum Gasteiger partial charge on any atom is 0.250 e. The third kappa shape index (κ3) is 2.47. The van der Waals surface area contributed by atoms with E-state index < -0.39 is 0 Å². The number of aryl methyl sites for hydroxylation is 1. The Bertz CT molecular complexity index is 788. The number of anilines is 1. The molecule has 0 saturated carbocycles. The van der Waals surface area contributed by atoms with Crippen LogP contribution in [0.2, 0.25) is 0 Å². The van der Waals surface area contributed by atoms with E-state index in [2.05, 4.69) is 70.7 Å². The van der Waals surface area contributed by atoms with E-state index in [0.29, 0.717) is 0 Å². The lowest BCUT2D eigenvalue weighted by Crippen LogP contribution is -2.55. The summed E-state index contributed by atoms with van der Waals surface area (Å²) in [6.07, 6.45) is 2.27. The van der Waals surface area contributed by atoms with Gasteiger partial charge in [-0.15, -0.1) is 0 Å². The second kappa shape index (κ2) is 5.62. The summed E-state index contributed by atoms with van der Waals surface area (Å²) in [6, 6.07) is 17.0. The summed E-state index contributed by atoms with van der Waals surface area (Å²) in [5, 5.41) is 0. The molecule has 1 aliphatic heterocycles. The van der Waals surface area contributed by atoms with Crippen molar-refractivity contribution in [3.63, 3.8) is 0 Å². The van der Waals surface area contributed by atoms with E-state index in [-0.39, 0.29) is 16.9 Å². The predicted molar refractivity (Wildman–Crippen MR) is 100 cm³/mol. The number of hydrogen-bond acceptors (Lipinski definition) is 1. The second-order valence-corrected chi connectivity index (χ2v) is 7.58. The third-order valence-electron chi connectivity index (χ3n) is 5.21. The molecule has 0 aliphatic carbocycles. The van der Waals surface area contributed by atoms with Crippen LogP contribution >= 0.6 is 0 Å². The lowest BCUT2D eigenvalue weighted by atomic mass is 9.65. The topological polar surface area (TPSA) is 20.3 Å². The van der Waals surface area contributed by atoms with Gasteiger partial charge >= 0.3 is 0 Å². The van der Waals surface area contributed by atoms with Crippen molar-refractivity contribution < 1.29 is 4.79 Å². The van der Waals surface area contributed by atoms with Crippen LogP contribution in [0.1, 0.15) is 43.9 Å². The Balaban J connectivity index is 2.24. The summed E-state index contributed by atoms with van der Waals surface area (Å²) < 4.78 is 0. The molecule has 0 fully saturated rings. The molecule has 0 radical (unpaired) electrons. The van der Waals surface area contributed by atoms with Gasteiger partial charge in [-0.25, -0.2) is 0 Å². The van der Waals surface area contributed by atoms with Crippen LogP contribution in [0, 0.1) is 6.92 Å². The Labute approximate surface area is 144 Å². The van der Waals surface area contributed by atoms with Crippen molar-refractivity contribution >= 4 is 11.6 Å². The molecule has 2 aromatic carbocycles.